The standard InChI is InChI=1S/C17H24BrF2N3O3SSi/c1-28(2,3)7-6-26-12-22-10-13-8-14(9-15(18)16(13)21-22)27(24,25)23-5-4-17(19,20)11-23/h8-10H,4-7,11-12H2,1-3H3. The van der Waals surface area contributed by atoms with Gasteiger partial charge >= 0.3 is 0 Å². The molecule has 2 aromatic rings. The first-order valence-electron chi connectivity index (χ1n) is 9.00. The lowest BCUT2D eigenvalue weighted by atomic mass is 10.3. The molecule has 1 saturated heterocycles. The molecule has 1 aliphatic rings. The highest BCUT2D eigenvalue weighted by Gasteiger charge is 2.43. The molecule has 2 heterocycles. The molecule has 6 nitrogen and oxygen atoms in total. The van der Waals surface area contributed by atoms with E-state index in [-0.39, 0.29) is 18.2 Å². The number of benzene rings is 1. The lowest BCUT2D eigenvalue weighted by Gasteiger charge is -2.16. The van der Waals surface area contributed by atoms with Crippen LogP contribution in [0.3, 0.4) is 0 Å². The van der Waals surface area contributed by atoms with Gasteiger partial charge in [-0.25, -0.2) is 21.9 Å². The molecule has 1 aromatic heterocycles. The summed E-state index contributed by atoms with van der Waals surface area (Å²) in [6, 6.07) is 3.93. The Hall–Kier alpha value is -0.883. The molecule has 0 N–H and O–H groups in total. The van der Waals surface area contributed by atoms with Crippen molar-refractivity contribution in [1.82, 2.24) is 14.1 Å². The van der Waals surface area contributed by atoms with Crippen molar-refractivity contribution < 1.29 is 21.9 Å². The van der Waals surface area contributed by atoms with Gasteiger partial charge in [-0.2, -0.15) is 9.40 Å². The SMILES string of the molecule is C[Si](C)(C)CCOCn1cc2cc(S(=O)(=O)N3CCC(F)(F)C3)cc(Br)c2n1. The molecule has 3 rings (SSSR count). The van der Waals surface area contributed by atoms with Gasteiger partial charge in [0, 0.05) is 43.7 Å². The number of fused-ring (bicyclic) bond motifs is 1. The van der Waals surface area contributed by atoms with Crippen molar-refractivity contribution >= 4 is 44.9 Å². The van der Waals surface area contributed by atoms with E-state index in [9.17, 15) is 17.2 Å². The van der Waals surface area contributed by atoms with Gasteiger partial charge in [0.15, 0.2) is 0 Å². The highest BCUT2D eigenvalue weighted by atomic mass is 79.9. The van der Waals surface area contributed by atoms with Gasteiger partial charge in [0.1, 0.15) is 12.2 Å². The van der Waals surface area contributed by atoms with Crippen molar-refractivity contribution in [3.8, 4) is 0 Å². The van der Waals surface area contributed by atoms with E-state index in [4.69, 9.17) is 4.74 Å². The molecule has 1 fully saturated rings. The van der Waals surface area contributed by atoms with Gasteiger partial charge in [0.25, 0.3) is 5.92 Å². The van der Waals surface area contributed by atoms with Crippen LogP contribution >= 0.6 is 15.9 Å². The Kier molecular flexibility index (Phi) is 6.04. The van der Waals surface area contributed by atoms with Gasteiger partial charge in [-0.3, -0.25) is 0 Å². The molecule has 156 valence electrons. The number of sulfonamides is 1. The summed E-state index contributed by atoms with van der Waals surface area (Å²) in [5, 5.41) is 5.02. The van der Waals surface area contributed by atoms with Crippen LogP contribution in [0.4, 0.5) is 8.78 Å². The third-order valence-electron chi connectivity index (χ3n) is 4.58. The van der Waals surface area contributed by atoms with Crippen LogP contribution in [0.15, 0.2) is 27.7 Å². The van der Waals surface area contributed by atoms with Crippen LogP contribution in [0.5, 0.6) is 0 Å². The molecule has 0 aliphatic carbocycles. The third-order valence-corrected chi connectivity index (χ3v) is 8.71. The molecule has 0 saturated carbocycles. The zero-order chi connectivity index (χ0) is 20.7. The lowest BCUT2D eigenvalue weighted by Crippen LogP contribution is -2.31. The molecule has 0 spiro atoms. The second-order valence-corrected chi connectivity index (χ2v) is 16.7. The van der Waals surface area contributed by atoms with Crippen LogP contribution in [0.25, 0.3) is 10.9 Å². The molecule has 11 heteroatoms. The first kappa shape index (κ1) is 21.8. The van der Waals surface area contributed by atoms with Gasteiger partial charge in [-0.15, -0.1) is 0 Å². The van der Waals surface area contributed by atoms with Crippen LogP contribution in [0.2, 0.25) is 25.7 Å². The number of halogens is 3. The molecule has 0 bridgehead atoms. The maximum Gasteiger partial charge on any atom is 0.262 e. The number of rotatable bonds is 7. The van der Waals surface area contributed by atoms with Gasteiger partial charge < -0.3 is 4.74 Å². The summed E-state index contributed by atoms with van der Waals surface area (Å²) in [5.41, 5.74) is 0.597. The molecule has 28 heavy (non-hydrogen) atoms. The van der Waals surface area contributed by atoms with E-state index >= 15 is 0 Å². The second kappa shape index (κ2) is 7.75. The fourth-order valence-corrected chi connectivity index (χ4v) is 5.92. The minimum absolute atomic E-state index is 0.0243. The molecular weight excluding hydrogens is 472 g/mol. The maximum atomic E-state index is 13.5. The van der Waals surface area contributed by atoms with Crippen LogP contribution in [0, 0.1) is 0 Å². The Morgan fingerprint density at radius 2 is 2.04 bits per heavy atom. The Morgan fingerprint density at radius 3 is 2.64 bits per heavy atom. The normalized spacial score (nSPS) is 18.2. The summed E-state index contributed by atoms with van der Waals surface area (Å²) in [7, 11) is -5.17. The average Bonchev–Trinajstić information content (AvgIpc) is 3.14. The number of hydrogen-bond acceptors (Lipinski definition) is 4. The van der Waals surface area contributed by atoms with Gasteiger partial charge in [0.05, 0.1) is 11.4 Å². The van der Waals surface area contributed by atoms with E-state index in [1.165, 1.54) is 12.1 Å². The molecule has 0 radical (unpaired) electrons. The van der Waals surface area contributed by atoms with Gasteiger partial charge in [0.2, 0.25) is 10.0 Å². The Bertz CT molecular complexity index is 976. The first-order chi connectivity index (χ1) is 12.9. The lowest BCUT2D eigenvalue weighted by molar-refractivity contribution is 0.0183. The molecule has 0 unspecified atom stereocenters. The van der Waals surface area contributed by atoms with Crippen molar-refractivity contribution in [2.45, 2.75) is 49.7 Å². The monoisotopic (exact) mass is 495 g/mol. The summed E-state index contributed by atoms with van der Waals surface area (Å²) in [5.74, 6) is -2.98. The maximum absolute atomic E-state index is 13.5. The topological polar surface area (TPSA) is 64.4 Å². The van der Waals surface area contributed by atoms with Crippen molar-refractivity contribution in [3.63, 3.8) is 0 Å². The highest BCUT2D eigenvalue weighted by molar-refractivity contribution is 9.10. The fourth-order valence-electron chi connectivity index (χ4n) is 2.93. The van der Waals surface area contributed by atoms with E-state index in [1.54, 1.807) is 10.9 Å². The van der Waals surface area contributed by atoms with Crippen LogP contribution in [-0.2, 0) is 21.5 Å². The second-order valence-electron chi connectivity index (χ2n) is 8.30. The van der Waals surface area contributed by atoms with E-state index in [2.05, 4.69) is 40.7 Å². The summed E-state index contributed by atoms with van der Waals surface area (Å²) < 4.78 is 61.0. The number of alkyl halides is 2. The number of aromatic nitrogens is 2. The summed E-state index contributed by atoms with van der Waals surface area (Å²) in [6.45, 7) is 6.77. The Morgan fingerprint density at radius 1 is 1.32 bits per heavy atom. The van der Waals surface area contributed by atoms with E-state index in [0.29, 0.717) is 22.0 Å². The van der Waals surface area contributed by atoms with Crippen molar-refractivity contribution in [3.05, 3.63) is 22.8 Å². The molecular formula is C17H24BrF2N3O3SSi. The minimum atomic E-state index is -3.99. The Balaban J connectivity index is 1.79. The zero-order valence-electron chi connectivity index (χ0n) is 16.1. The van der Waals surface area contributed by atoms with Gasteiger partial charge in [-0.1, -0.05) is 19.6 Å². The van der Waals surface area contributed by atoms with Gasteiger partial charge in [-0.05, 0) is 34.1 Å². The fraction of sp³-hybridized carbons (Fsp3) is 0.588. The van der Waals surface area contributed by atoms with E-state index in [1.807, 2.05) is 0 Å². The van der Waals surface area contributed by atoms with Crippen LogP contribution in [-0.4, -0.2) is 56.2 Å². The van der Waals surface area contributed by atoms with Crippen LogP contribution in [0.1, 0.15) is 6.42 Å². The van der Waals surface area contributed by atoms with Crippen molar-refractivity contribution in [2.24, 2.45) is 0 Å². The van der Waals surface area contributed by atoms with E-state index < -0.39 is 37.0 Å². The highest BCUT2D eigenvalue weighted by Crippen LogP contribution is 2.33. The predicted octanol–water partition coefficient (Wildman–Crippen LogP) is 4.14. The van der Waals surface area contributed by atoms with Crippen LogP contribution < -0.4 is 0 Å². The van der Waals surface area contributed by atoms with Crippen molar-refractivity contribution in [2.75, 3.05) is 19.7 Å². The molecule has 0 atom stereocenters. The number of ether oxygens (including phenoxy) is 1. The average molecular weight is 496 g/mol. The summed E-state index contributed by atoms with van der Waals surface area (Å²) in [4.78, 5) is -0.0243. The molecule has 1 aromatic carbocycles. The number of hydrogen-bond donors (Lipinski definition) is 0. The summed E-state index contributed by atoms with van der Waals surface area (Å²) in [6.07, 6.45) is 1.24. The van der Waals surface area contributed by atoms with E-state index in [0.717, 1.165) is 10.3 Å². The zero-order valence-corrected chi connectivity index (χ0v) is 19.5. The third kappa shape index (κ3) is 4.99. The quantitative estimate of drug-likeness (QED) is 0.427. The predicted molar refractivity (Wildman–Crippen MR) is 110 cm³/mol. The van der Waals surface area contributed by atoms with Crippen molar-refractivity contribution in [1.29, 1.82) is 0 Å². The minimum Gasteiger partial charge on any atom is -0.360 e. The molecule has 1 aliphatic heterocycles. The largest absolute Gasteiger partial charge is 0.360 e. The number of nitrogens with zero attached hydrogens (tertiary/aromatic N) is 3. The molecule has 0 amide bonds. The Labute approximate surface area is 173 Å². The first-order valence-corrected chi connectivity index (χ1v) is 14.9. The smallest absolute Gasteiger partial charge is 0.262 e. The summed E-state index contributed by atoms with van der Waals surface area (Å²) >= 11 is 3.35.